The molecule has 1 rings (SSSR count). The van der Waals surface area contributed by atoms with Crippen molar-refractivity contribution < 1.29 is 38.9 Å². The van der Waals surface area contributed by atoms with Crippen LogP contribution in [0.3, 0.4) is 0 Å². The molecule has 208 valence electrons. The van der Waals surface area contributed by atoms with Gasteiger partial charge in [-0.25, -0.2) is 9.59 Å². The van der Waals surface area contributed by atoms with E-state index in [9.17, 15) is 29.4 Å². The summed E-state index contributed by atoms with van der Waals surface area (Å²) in [6.45, 7) is 2.89. The van der Waals surface area contributed by atoms with Gasteiger partial charge in [0, 0.05) is 0 Å². The van der Waals surface area contributed by atoms with Crippen molar-refractivity contribution in [1.29, 1.82) is 0 Å². The first kappa shape index (κ1) is 31.8. The Morgan fingerprint density at radius 3 is 1.33 bits per heavy atom. The van der Waals surface area contributed by atoms with Gasteiger partial charge in [-0.05, 0) is 25.7 Å². The second-order valence-electron chi connectivity index (χ2n) is 9.54. The molecular weight excluding hydrogens is 468 g/mol. The number of hydrogen-bond donors (Lipinski definition) is 4. The summed E-state index contributed by atoms with van der Waals surface area (Å²) >= 11 is 0. The number of aliphatic hydroxyl groups is 2. The predicted octanol–water partition coefficient (Wildman–Crippen LogP) is 2.28. The molecule has 0 bridgehead atoms. The van der Waals surface area contributed by atoms with Gasteiger partial charge in [-0.3, -0.25) is 9.59 Å². The second kappa shape index (κ2) is 19.0. The molecular formula is C26H46N2O8. The van der Waals surface area contributed by atoms with Crippen LogP contribution in [0, 0.1) is 0 Å². The van der Waals surface area contributed by atoms with Crippen LogP contribution in [-0.4, -0.2) is 71.5 Å². The minimum absolute atomic E-state index is 0.212. The fraction of sp³-hybridized carbons (Fsp3) is 0.846. The molecule has 10 heteroatoms. The Balaban J connectivity index is 2.95. The van der Waals surface area contributed by atoms with Crippen molar-refractivity contribution in [3.8, 4) is 0 Å². The van der Waals surface area contributed by atoms with E-state index in [2.05, 4.69) is 24.5 Å². The Bertz CT molecular complexity index is 616. The molecule has 1 fully saturated rings. The minimum Gasteiger partial charge on any atom is -0.460 e. The summed E-state index contributed by atoms with van der Waals surface area (Å²) < 4.78 is 11.0. The number of unbranched alkanes of at least 4 members (excludes halogenated alkanes) is 8. The van der Waals surface area contributed by atoms with Crippen LogP contribution in [-0.2, 0) is 28.7 Å². The summed E-state index contributed by atoms with van der Waals surface area (Å²) in [6.07, 6.45) is 8.50. The topological polar surface area (TPSA) is 151 Å². The summed E-state index contributed by atoms with van der Waals surface area (Å²) in [6, 6.07) is -2.56. The normalized spacial score (nSPS) is 24.3. The zero-order valence-corrected chi connectivity index (χ0v) is 22.0. The number of amides is 2. The van der Waals surface area contributed by atoms with E-state index in [1.54, 1.807) is 0 Å². The first-order valence-corrected chi connectivity index (χ1v) is 13.6. The third kappa shape index (κ3) is 13.2. The largest absolute Gasteiger partial charge is 0.460 e. The Hall–Kier alpha value is -2.20. The molecule has 10 nitrogen and oxygen atoms in total. The molecule has 0 aromatic heterocycles. The van der Waals surface area contributed by atoms with Crippen LogP contribution in [0.1, 0.15) is 104 Å². The van der Waals surface area contributed by atoms with Crippen LogP contribution in [0.2, 0.25) is 0 Å². The smallest absolute Gasteiger partial charge is 0.331 e. The second-order valence-corrected chi connectivity index (χ2v) is 9.54. The number of hydrogen-bond acceptors (Lipinski definition) is 8. The van der Waals surface area contributed by atoms with Crippen LogP contribution in [0.4, 0.5) is 0 Å². The van der Waals surface area contributed by atoms with Gasteiger partial charge in [-0.1, -0.05) is 65.2 Å². The van der Waals surface area contributed by atoms with E-state index in [1.807, 2.05) is 0 Å². The molecule has 1 aliphatic rings. The van der Waals surface area contributed by atoms with Gasteiger partial charge in [0.1, 0.15) is 12.2 Å². The molecule has 4 N–H and O–H groups in total. The van der Waals surface area contributed by atoms with E-state index in [-0.39, 0.29) is 12.8 Å². The standard InChI is InChI=1S/C26H46N2O8/c1-3-5-7-9-11-13-19-15-23(31)27-22(18-30)26(34)36-20(14-12-10-8-6-4-2)16-24(32)28-21(17-29)25(33)35-19/h19-22,29-30H,3-18H2,1-2H3,(H,27,31)(H,28,32)/t19-,20-,21-,22-/m0/s1. The third-order valence-corrected chi connectivity index (χ3v) is 6.26. The van der Waals surface area contributed by atoms with Gasteiger partial charge >= 0.3 is 11.9 Å². The van der Waals surface area contributed by atoms with Crippen molar-refractivity contribution in [2.24, 2.45) is 0 Å². The summed E-state index contributed by atoms with van der Waals surface area (Å²) in [5, 5.41) is 24.3. The van der Waals surface area contributed by atoms with Crippen LogP contribution >= 0.6 is 0 Å². The van der Waals surface area contributed by atoms with E-state index in [0.29, 0.717) is 12.8 Å². The third-order valence-electron chi connectivity index (χ3n) is 6.26. The molecule has 2 amide bonds. The van der Waals surface area contributed by atoms with E-state index in [0.717, 1.165) is 64.2 Å². The fourth-order valence-electron chi connectivity index (χ4n) is 4.13. The number of cyclic esters (lactones) is 2. The van der Waals surface area contributed by atoms with Gasteiger partial charge in [0.2, 0.25) is 11.8 Å². The number of ether oxygens (including phenoxy) is 2. The molecule has 0 radical (unpaired) electrons. The van der Waals surface area contributed by atoms with E-state index in [4.69, 9.17) is 9.47 Å². The highest BCUT2D eigenvalue weighted by Gasteiger charge is 2.31. The van der Waals surface area contributed by atoms with Crippen molar-refractivity contribution in [3.05, 3.63) is 0 Å². The van der Waals surface area contributed by atoms with Crippen molar-refractivity contribution >= 4 is 23.8 Å². The predicted molar refractivity (Wildman–Crippen MR) is 134 cm³/mol. The first-order valence-electron chi connectivity index (χ1n) is 13.6. The lowest BCUT2D eigenvalue weighted by atomic mass is 10.0. The van der Waals surface area contributed by atoms with Crippen LogP contribution in [0.15, 0.2) is 0 Å². The monoisotopic (exact) mass is 514 g/mol. The molecule has 1 saturated heterocycles. The average molecular weight is 515 g/mol. The van der Waals surface area contributed by atoms with Gasteiger partial charge in [0.05, 0.1) is 26.1 Å². The molecule has 0 aliphatic carbocycles. The fourth-order valence-corrected chi connectivity index (χ4v) is 4.13. The molecule has 0 aromatic rings. The van der Waals surface area contributed by atoms with E-state index >= 15 is 0 Å². The number of nitrogens with one attached hydrogen (secondary N) is 2. The SMILES string of the molecule is CCCCCCC[C@H]1CC(=O)N[C@@H](CO)C(=O)O[C@@H](CCCCCCC)CC(=O)N[C@@H](CO)C(=O)O1. The van der Waals surface area contributed by atoms with Gasteiger partial charge in [0.15, 0.2) is 12.1 Å². The lowest BCUT2D eigenvalue weighted by Crippen LogP contribution is -2.49. The lowest BCUT2D eigenvalue weighted by molar-refractivity contribution is -0.160. The number of carbonyl (C=O) groups is 4. The molecule has 36 heavy (non-hydrogen) atoms. The molecule has 0 unspecified atom stereocenters. The summed E-state index contributed by atoms with van der Waals surface area (Å²) in [4.78, 5) is 50.6. The Kier molecular flexibility index (Phi) is 16.8. The van der Waals surface area contributed by atoms with E-state index in [1.165, 1.54) is 0 Å². The molecule has 4 atom stereocenters. The summed E-state index contributed by atoms with van der Waals surface area (Å²) in [7, 11) is 0. The zero-order chi connectivity index (χ0) is 26.8. The summed E-state index contributed by atoms with van der Waals surface area (Å²) in [5.41, 5.74) is 0. The quantitative estimate of drug-likeness (QED) is 0.204. The highest BCUT2D eigenvalue weighted by atomic mass is 16.6. The average Bonchev–Trinajstić information content (AvgIpc) is 2.84. The maximum Gasteiger partial charge on any atom is 0.331 e. The van der Waals surface area contributed by atoms with Gasteiger partial charge in [-0.2, -0.15) is 0 Å². The zero-order valence-electron chi connectivity index (χ0n) is 22.0. The molecule has 1 heterocycles. The number of carbonyl (C=O) groups excluding carboxylic acids is 4. The maximum absolute atomic E-state index is 12.7. The van der Waals surface area contributed by atoms with Crippen LogP contribution in [0.25, 0.3) is 0 Å². The van der Waals surface area contributed by atoms with Gasteiger partial charge in [0.25, 0.3) is 0 Å². The van der Waals surface area contributed by atoms with Crippen LogP contribution in [0.5, 0.6) is 0 Å². The molecule has 0 saturated carbocycles. The van der Waals surface area contributed by atoms with Crippen molar-refractivity contribution in [1.82, 2.24) is 10.6 Å². The number of esters is 2. The number of aliphatic hydroxyl groups excluding tert-OH is 2. The highest BCUT2D eigenvalue weighted by Crippen LogP contribution is 2.16. The first-order chi connectivity index (χ1) is 17.3. The van der Waals surface area contributed by atoms with Gasteiger partial charge < -0.3 is 30.3 Å². The Morgan fingerprint density at radius 1 is 0.639 bits per heavy atom. The Morgan fingerprint density at radius 2 is 1.00 bits per heavy atom. The van der Waals surface area contributed by atoms with Crippen molar-refractivity contribution in [2.75, 3.05) is 13.2 Å². The minimum atomic E-state index is -1.28. The van der Waals surface area contributed by atoms with Crippen molar-refractivity contribution in [2.45, 2.75) is 128 Å². The lowest BCUT2D eigenvalue weighted by Gasteiger charge is -2.25. The van der Waals surface area contributed by atoms with E-state index < -0.39 is 61.3 Å². The molecule has 1 aliphatic heterocycles. The van der Waals surface area contributed by atoms with Crippen LogP contribution < -0.4 is 10.6 Å². The molecule has 0 aromatic carbocycles. The summed E-state index contributed by atoms with van der Waals surface area (Å²) in [5.74, 6) is -2.76. The molecule has 0 spiro atoms. The Labute approximate surface area is 214 Å². The van der Waals surface area contributed by atoms with Crippen molar-refractivity contribution in [3.63, 3.8) is 0 Å². The maximum atomic E-state index is 12.7. The highest BCUT2D eigenvalue weighted by molar-refractivity contribution is 5.87. The van der Waals surface area contributed by atoms with Gasteiger partial charge in [-0.15, -0.1) is 0 Å². The number of rotatable bonds is 14.